The van der Waals surface area contributed by atoms with Gasteiger partial charge >= 0.3 is 0 Å². The van der Waals surface area contributed by atoms with Crippen molar-refractivity contribution in [3.63, 3.8) is 0 Å². The van der Waals surface area contributed by atoms with Gasteiger partial charge in [-0.1, -0.05) is 19.8 Å². The molecule has 7 heavy (non-hydrogen) atoms. The van der Waals surface area contributed by atoms with Gasteiger partial charge in [0.25, 0.3) is 0 Å². The Bertz CT molecular complexity index is 80.1. The molecule has 1 heterocycles. The number of hydrogen-bond donors (Lipinski definition) is 0. The summed E-state index contributed by atoms with van der Waals surface area (Å²) in [6, 6.07) is 0. The summed E-state index contributed by atoms with van der Waals surface area (Å²) in [5.41, 5.74) is 0.867. The predicted molar refractivity (Wildman–Crippen MR) is 36.3 cm³/mol. The fourth-order valence-corrected chi connectivity index (χ4v) is 2.51. The second-order valence-electron chi connectivity index (χ2n) is 1.61. The molecule has 0 aliphatic carbocycles. The molecular weight excluding hydrogens is 126 g/mol. The number of hydrogen-bond acceptors (Lipinski definition) is 0. The van der Waals surface area contributed by atoms with Crippen molar-refractivity contribution in [2.24, 2.45) is 0 Å². The lowest BCUT2D eigenvalue weighted by atomic mass is 10.5. The monoisotopic (exact) mass is 134 g/mol. The number of alkyl halides is 1. The first-order valence-corrected chi connectivity index (χ1v) is 4.72. The Hall–Kier alpha value is 0.460. The van der Waals surface area contributed by atoms with Crippen LogP contribution in [-0.4, -0.2) is 11.8 Å². The van der Waals surface area contributed by atoms with E-state index in [2.05, 4.69) is 11.9 Å². The molecule has 1 atom stereocenters. The Morgan fingerprint density at radius 3 is 2.86 bits per heavy atom. The highest BCUT2D eigenvalue weighted by atomic mass is 35.5. The van der Waals surface area contributed by atoms with Crippen molar-refractivity contribution in [1.82, 2.24) is 0 Å². The summed E-state index contributed by atoms with van der Waals surface area (Å²) < 4.78 is 0. The van der Waals surface area contributed by atoms with E-state index < -0.39 is 0 Å². The van der Waals surface area contributed by atoms with Gasteiger partial charge in [-0.3, -0.25) is 0 Å². The Kier molecular flexibility index (Phi) is 2.15. The molecule has 0 saturated heterocycles. The maximum atomic E-state index is 5.59. The molecule has 0 nitrogen and oxygen atoms in total. The topological polar surface area (TPSA) is 0 Å². The highest BCUT2D eigenvalue weighted by Crippen LogP contribution is 2.42. The van der Waals surface area contributed by atoms with E-state index >= 15 is 0 Å². The van der Waals surface area contributed by atoms with Crippen LogP contribution in [0.5, 0.6) is 0 Å². The quantitative estimate of drug-likeness (QED) is 0.382. The Balaban J connectivity index is 2.28. The number of allylic oxidation sites excluding steroid dienone is 1. The molecule has 0 amide bonds. The van der Waals surface area contributed by atoms with Crippen LogP contribution in [0.3, 0.4) is 0 Å². The summed E-state index contributed by atoms with van der Waals surface area (Å²) in [4.78, 5) is 0. The molecule has 0 aromatic rings. The maximum absolute atomic E-state index is 5.59. The molecule has 1 unspecified atom stereocenters. The van der Waals surface area contributed by atoms with Gasteiger partial charge in [-0.05, 0) is 12.6 Å². The minimum absolute atomic E-state index is 0.142. The van der Waals surface area contributed by atoms with E-state index in [1.807, 2.05) is 0 Å². The van der Waals surface area contributed by atoms with E-state index in [4.69, 9.17) is 11.6 Å². The summed E-state index contributed by atoms with van der Waals surface area (Å²) in [5, 5.41) is 0. The second-order valence-corrected chi connectivity index (χ2v) is 4.48. The lowest BCUT2D eigenvalue weighted by molar-refractivity contribution is 1.27. The van der Waals surface area contributed by atoms with Crippen LogP contribution in [0.15, 0.2) is 11.9 Å². The van der Waals surface area contributed by atoms with Crippen LogP contribution < -0.4 is 0 Å². The summed E-state index contributed by atoms with van der Waals surface area (Å²) in [6.07, 6.45) is 4.82. The molecule has 0 radical (unpaired) electrons. The van der Waals surface area contributed by atoms with Crippen molar-refractivity contribution in [2.75, 3.05) is 11.8 Å². The lowest BCUT2D eigenvalue weighted by Gasteiger charge is -1.97. The van der Waals surface area contributed by atoms with Crippen molar-refractivity contribution in [3.8, 4) is 0 Å². The van der Waals surface area contributed by atoms with Gasteiger partial charge in [0.15, 0.2) is 0 Å². The molecule has 0 bridgehead atoms. The predicted octanol–water partition coefficient (Wildman–Crippen LogP) is 2.58. The molecule has 2 heteroatoms. The van der Waals surface area contributed by atoms with E-state index in [1.54, 1.807) is 0 Å². The summed E-state index contributed by atoms with van der Waals surface area (Å²) in [5.74, 6) is 2.27. The number of rotatable bonds is 1. The molecule has 0 saturated carbocycles. The van der Waals surface area contributed by atoms with Crippen molar-refractivity contribution in [1.29, 1.82) is 0 Å². The molecule has 0 aromatic carbocycles. The van der Waals surface area contributed by atoms with Crippen LogP contribution in [0, 0.1) is 0 Å². The van der Waals surface area contributed by atoms with Crippen molar-refractivity contribution in [3.05, 3.63) is 11.9 Å². The van der Waals surface area contributed by atoms with Gasteiger partial charge in [-0.2, -0.15) is 0 Å². The third-order valence-electron chi connectivity index (χ3n) is 1.05. The Morgan fingerprint density at radius 1 is 1.71 bits per heavy atom. The van der Waals surface area contributed by atoms with Crippen LogP contribution in [0.25, 0.3) is 0 Å². The summed E-state index contributed by atoms with van der Waals surface area (Å²) >= 11 is 5.59. The molecule has 0 N–H and O–H groups in total. The zero-order chi connectivity index (χ0) is 5.11. The van der Waals surface area contributed by atoms with Crippen molar-refractivity contribution >= 4 is 19.5 Å². The van der Waals surface area contributed by atoms with Gasteiger partial charge in [-0.15, -0.1) is 11.6 Å². The highest BCUT2D eigenvalue weighted by molar-refractivity contribution is 7.62. The van der Waals surface area contributed by atoms with Crippen LogP contribution in [0.4, 0.5) is 0 Å². The van der Waals surface area contributed by atoms with E-state index in [1.165, 1.54) is 12.6 Å². The lowest BCUT2D eigenvalue weighted by Crippen LogP contribution is -1.70. The van der Waals surface area contributed by atoms with E-state index in [0.29, 0.717) is 0 Å². The summed E-state index contributed by atoms with van der Waals surface area (Å²) in [6.45, 7) is 0. The highest BCUT2D eigenvalue weighted by Gasteiger charge is 2.04. The summed E-state index contributed by atoms with van der Waals surface area (Å²) in [7, 11) is 0.142. The van der Waals surface area contributed by atoms with Crippen molar-refractivity contribution in [2.45, 2.75) is 6.42 Å². The van der Waals surface area contributed by atoms with Gasteiger partial charge in [0, 0.05) is 5.62 Å². The molecule has 1 aliphatic heterocycles. The molecular formula is C5H8ClP. The average Bonchev–Trinajstić information content (AvgIpc) is 2.14. The zero-order valence-corrected chi connectivity index (χ0v) is 5.75. The standard InChI is InChI=1S/C5H8ClP/c6-5-7-3-1-2-4-7/h1,3H,2,4-5H2. The van der Waals surface area contributed by atoms with Gasteiger partial charge in [0.1, 0.15) is 0 Å². The first kappa shape index (κ1) is 5.59. The maximum Gasteiger partial charge on any atom is 0.0459 e. The molecule has 40 valence electrons. The normalized spacial score (nSPS) is 29.0. The van der Waals surface area contributed by atoms with Gasteiger partial charge in [0.05, 0.1) is 0 Å². The fraction of sp³-hybridized carbons (Fsp3) is 0.600. The third kappa shape index (κ3) is 1.44. The second kappa shape index (κ2) is 2.69. The van der Waals surface area contributed by atoms with Crippen molar-refractivity contribution < 1.29 is 0 Å². The fourth-order valence-electron chi connectivity index (χ4n) is 0.638. The van der Waals surface area contributed by atoms with Gasteiger partial charge in [-0.25, -0.2) is 0 Å². The van der Waals surface area contributed by atoms with Gasteiger partial charge < -0.3 is 0 Å². The molecule has 0 aromatic heterocycles. The smallest absolute Gasteiger partial charge is 0.0459 e. The Morgan fingerprint density at radius 2 is 2.57 bits per heavy atom. The number of halogens is 1. The van der Waals surface area contributed by atoms with Crippen LogP contribution in [-0.2, 0) is 0 Å². The largest absolute Gasteiger partial charge is 0.121 e. The van der Waals surface area contributed by atoms with Crippen LogP contribution >= 0.6 is 19.5 Å². The first-order valence-electron chi connectivity index (χ1n) is 2.40. The van der Waals surface area contributed by atoms with E-state index in [9.17, 15) is 0 Å². The molecule has 1 aliphatic rings. The first-order chi connectivity index (χ1) is 3.43. The minimum atomic E-state index is 0.142. The van der Waals surface area contributed by atoms with E-state index in [-0.39, 0.29) is 7.92 Å². The Labute approximate surface area is 50.3 Å². The van der Waals surface area contributed by atoms with Crippen LogP contribution in [0.1, 0.15) is 6.42 Å². The SMILES string of the molecule is ClCP1C=CCC1. The molecule has 1 rings (SSSR count). The third-order valence-corrected chi connectivity index (χ3v) is 3.75. The zero-order valence-electron chi connectivity index (χ0n) is 4.10. The van der Waals surface area contributed by atoms with Gasteiger partial charge in [0.2, 0.25) is 0 Å². The van der Waals surface area contributed by atoms with E-state index in [0.717, 1.165) is 5.62 Å². The average molecular weight is 135 g/mol. The molecule has 0 spiro atoms. The molecule has 0 fully saturated rings. The van der Waals surface area contributed by atoms with Crippen LogP contribution in [0.2, 0.25) is 0 Å². The minimum Gasteiger partial charge on any atom is -0.121 e.